The quantitative estimate of drug-likeness (QED) is 0.435. The van der Waals surface area contributed by atoms with Gasteiger partial charge in [-0.15, -0.1) is 0 Å². The lowest BCUT2D eigenvalue weighted by molar-refractivity contribution is 1.10. The van der Waals surface area contributed by atoms with Crippen LogP contribution in [0.15, 0.2) is 84.9 Å². The number of aromatic nitrogens is 3. The number of aromatic amines is 1. The smallest absolute Gasteiger partial charge is 0.181 e. The number of nitrogens with one attached hydrogen (secondary N) is 1. The van der Waals surface area contributed by atoms with E-state index in [1.807, 2.05) is 76.2 Å². The van der Waals surface area contributed by atoms with Gasteiger partial charge in [-0.25, -0.2) is 4.98 Å². The molecule has 0 radical (unpaired) electrons. The van der Waals surface area contributed by atoms with Gasteiger partial charge in [0.1, 0.15) is 0 Å². The molecule has 4 rings (SSSR count). The number of benzene rings is 3. The van der Waals surface area contributed by atoms with Crippen molar-refractivity contribution in [2.75, 3.05) is 0 Å². The average molecular weight is 358 g/mol. The molecule has 0 aliphatic rings. The maximum atomic E-state index is 4.59. The first-order valence-electron chi connectivity index (χ1n) is 9.54. The minimum atomic E-state index is 0.715. The van der Waals surface area contributed by atoms with E-state index in [-0.39, 0.29) is 0 Å². The van der Waals surface area contributed by atoms with Crippen molar-refractivity contribution < 1.29 is 0 Å². The highest BCUT2D eigenvalue weighted by Crippen LogP contribution is 2.24. The molecule has 3 aromatic carbocycles. The molecule has 0 fully saturated rings. The second-order valence-corrected chi connectivity index (χ2v) is 5.32. The summed E-state index contributed by atoms with van der Waals surface area (Å²) in [6.45, 7) is 8.00. The van der Waals surface area contributed by atoms with Gasteiger partial charge >= 0.3 is 0 Å². The van der Waals surface area contributed by atoms with E-state index in [9.17, 15) is 0 Å². The highest BCUT2D eigenvalue weighted by Gasteiger charge is 2.07. The molecule has 27 heavy (non-hydrogen) atoms. The summed E-state index contributed by atoms with van der Waals surface area (Å²) in [6.07, 6.45) is 0. The van der Waals surface area contributed by atoms with Gasteiger partial charge in [0.05, 0.1) is 0 Å². The van der Waals surface area contributed by atoms with E-state index < -0.39 is 0 Å². The highest BCUT2D eigenvalue weighted by atomic mass is 15.2. The van der Waals surface area contributed by atoms with Crippen LogP contribution in [-0.2, 0) is 0 Å². The van der Waals surface area contributed by atoms with Crippen LogP contribution in [0, 0.1) is 0 Å². The van der Waals surface area contributed by atoms with E-state index in [2.05, 4.69) is 51.6 Å². The number of hydrogen-bond donors (Lipinski definition) is 1. The van der Waals surface area contributed by atoms with Crippen LogP contribution in [0.5, 0.6) is 0 Å². The van der Waals surface area contributed by atoms with Crippen molar-refractivity contribution >= 4 is 0 Å². The maximum Gasteiger partial charge on any atom is 0.181 e. The summed E-state index contributed by atoms with van der Waals surface area (Å²) < 4.78 is 0. The minimum absolute atomic E-state index is 0.715. The summed E-state index contributed by atoms with van der Waals surface area (Å²) in [5.41, 5.74) is 4.44. The van der Waals surface area contributed by atoms with Gasteiger partial charge in [-0.2, -0.15) is 5.10 Å². The van der Waals surface area contributed by atoms with Crippen LogP contribution in [0.25, 0.3) is 33.9 Å². The zero-order valence-corrected chi connectivity index (χ0v) is 16.5. The van der Waals surface area contributed by atoms with Crippen molar-refractivity contribution in [3.8, 4) is 33.9 Å². The molecule has 0 amide bonds. The summed E-state index contributed by atoms with van der Waals surface area (Å²) in [5.74, 6) is 1.50. The first-order chi connectivity index (χ1) is 13.4. The van der Waals surface area contributed by atoms with E-state index in [4.69, 9.17) is 0 Å². The Morgan fingerprint density at radius 3 is 1.52 bits per heavy atom. The van der Waals surface area contributed by atoms with Crippen molar-refractivity contribution in [3.63, 3.8) is 0 Å². The molecule has 1 heterocycles. The van der Waals surface area contributed by atoms with Gasteiger partial charge in [0.2, 0.25) is 0 Å². The second kappa shape index (κ2) is 10.7. The van der Waals surface area contributed by atoms with E-state index in [0.29, 0.717) is 5.82 Å². The molecule has 1 aromatic heterocycles. The highest BCUT2D eigenvalue weighted by molar-refractivity contribution is 5.68. The lowest BCUT2D eigenvalue weighted by Crippen LogP contribution is -1.82. The molecule has 0 aliphatic carbocycles. The van der Waals surface area contributed by atoms with Gasteiger partial charge in [-0.05, 0) is 11.1 Å². The van der Waals surface area contributed by atoms with Crippen LogP contribution in [0.1, 0.15) is 27.7 Å². The zero-order chi connectivity index (χ0) is 19.5. The topological polar surface area (TPSA) is 41.6 Å². The standard InChI is InChI=1S/C20H15N3.2C2H6/c1-3-7-15(8-4-1)16-11-13-18(14-12-16)20-21-19(22-23-20)17-9-5-2-6-10-17;2*1-2/h1-14H,(H,21,22,23);2*1-2H3. The Morgan fingerprint density at radius 1 is 0.519 bits per heavy atom. The fourth-order valence-electron chi connectivity index (χ4n) is 2.56. The van der Waals surface area contributed by atoms with Crippen LogP contribution in [0.3, 0.4) is 0 Å². The molecular weight excluding hydrogens is 330 g/mol. The molecular formula is C24H27N3. The third kappa shape index (κ3) is 5.14. The summed E-state index contributed by atoms with van der Waals surface area (Å²) in [4.78, 5) is 4.59. The van der Waals surface area contributed by atoms with Gasteiger partial charge in [-0.1, -0.05) is 113 Å². The molecule has 0 saturated carbocycles. The molecule has 0 atom stereocenters. The van der Waals surface area contributed by atoms with Crippen molar-refractivity contribution in [3.05, 3.63) is 84.9 Å². The number of rotatable bonds is 3. The SMILES string of the molecule is CC.CC.c1ccc(-c2ccc(-c3nc(-c4ccccc4)n[nH]3)cc2)cc1. The van der Waals surface area contributed by atoms with Gasteiger partial charge in [0.15, 0.2) is 11.6 Å². The van der Waals surface area contributed by atoms with E-state index in [0.717, 1.165) is 17.0 Å². The van der Waals surface area contributed by atoms with Gasteiger partial charge in [0.25, 0.3) is 0 Å². The largest absolute Gasteiger partial charge is 0.259 e. The lowest BCUT2D eigenvalue weighted by atomic mass is 10.0. The van der Waals surface area contributed by atoms with Crippen molar-refractivity contribution in [1.29, 1.82) is 0 Å². The van der Waals surface area contributed by atoms with Crippen LogP contribution < -0.4 is 0 Å². The van der Waals surface area contributed by atoms with E-state index >= 15 is 0 Å². The Morgan fingerprint density at radius 2 is 0.963 bits per heavy atom. The van der Waals surface area contributed by atoms with Crippen LogP contribution >= 0.6 is 0 Å². The molecule has 3 heteroatoms. The van der Waals surface area contributed by atoms with Crippen molar-refractivity contribution in [2.45, 2.75) is 27.7 Å². The third-order valence-electron chi connectivity index (χ3n) is 3.78. The molecule has 4 aromatic rings. The first kappa shape index (κ1) is 20.1. The van der Waals surface area contributed by atoms with Gasteiger partial charge < -0.3 is 0 Å². The molecule has 0 saturated heterocycles. The minimum Gasteiger partial charge on any atom is -0.259 e. The monoisotopic (exact) mass is 357 g/mol. The third-order valence-corrected chi connectivity index (χ3v) is 3.78. The maximum absolute atomic E-state index is 4.59. The normalized spacial score (nSPS) is 9.48. The fraction of sp³-hybridized carbons (Fsp3) is 0.167. The van der Waals surface area contributed by atoms with Crippen molar-refractivity contribution in [2.24, 2.45) is 0 Å². The molecule has 0 bridgehead atoms. The Labute approximate surface area is 162 Å². The Balaban J connectivity index is 0.000000614. The average Bonchev–Trinajstić information content (AvgIpc) is 3.28. The predicted molar refractivity (Wildman–Crippen MR) is 115 cm³/mol. The lowest BCUT2D eigenvalue weighted by Gasteiger charge is -2.02. The first-order valence-corrected chi connectivity index (χ1v) is 9.54. The van der Waals surface area contributed by atoms with Crippen molar-refractivity contribution in [1.82, 2.24) is 15.2 Å². The molecule has 1 N–H and O–H groups in total. The molecule has 0 aliphatic heterocycles. The fourth-order valence-corrected chi connectivity index (χ4v) is 2.56. The summed E-state index contributed by atoms with van der Waals surface area (Å²) in [6, 6.07) is 28.7. The summed E-state index contributed by atoms with van der Waals surface area (Å²) in [7, 11) is 0. The second-order valence-electron chi connectivity index (χ2n) is 5.32. The number of nitrogens with zero attached hydrogens (tertiary/aromatic N) is 2. The Hall–Kier alpha value is -3.20. The van der Waals surface area contributed by atoms with E-state index in [1.54, 1.807) is 0 Å². The molecule has 3 nitrogen and oxygen atoms in total. The zero-order valence-electron chi connectivity index (χ0n) is 16.5. The number of hydrogen-bond acceptors (Lipinski definition) is 2. The Bertz CT molecular complexity index is 895. The summed E-state index contributed by atoms with van der Waals surface area (Å²) >= 11 is 0. The summed E-state index contributed by atoms with van der Waals surface area (Å²) in [5, 5.41) is 7.33. The molecule has 0 spiro atoms. The van der Waals surface area contributed by atoms with E-state index in [1.165, 1.54) is 11.1 Å². The van der Waals surface area contributed by atoms with Crippen LogP contribution in [0.4, 0.5) is 0 Å². The predicted octanol–water partition coefficient (Wildman–Crippen LogP) is 6.86. The van der Waals surface area contributed by atoms with Gasteiger partial charge in [0, 0.05) is 11.1 Å². The molecule has 138 valence electrons. The van der Waals surface area contributed by atoms with Crippen LogP contribution in [-0.4, -0.2) is 15.2 Å². The Kier molecular flexibility index (Phi) is 7.98. The van der Waals surface area contributed by atoms with Gasteiger partial charge in [-0.3, -0.25) is 5.10 Å². The van der Waals surface area contributed by atoms with Crippen LogP contribution in [0.2, 0.25) is 0 Å². The molecule has 0 unspecified atom stereocenters. The number of H-pyrrole nitrogens is 1.